The predicted molar refractivity (Wildman–Crippen MR) is 29.8 cm³/mol. The van der Waals surface area contributed by atoms with E-state index < -0.39 is 0 Å². The van der Waals surface area contributed by atoms with Crippen LogP contribution in [-0.4, -0.2) is 19.0 Å². The quantitative estimate of drug-likeness (QED) is 0.407. The molecule has 0 N–H and O–H groups in total. The monoisotopic (exact) mass is 103 g/mol. The first-order valence-electron chi connectivity index (χ1n) is 1.86. The molecule has 0 fully saturated rings. The van der Waals surface area contributed by atoms with Crippen molar-refractivity contribution >= 4 is 19.0 Å². The molecular formula is C2H9NSi2. The Balaban J connectivity index is 2.62. The lowest BCUT2D eigenvalue weighted by Crippen LogP contribution is -1.70. The van der Waals surface area contributed by atoms with Crippen molar-refractivity contribution < 1.29 is 0 Å². The summed E-state index contributed by atoms with van der Waals surface area (Å²) in [6.07, 6.45) is 0. The fourth-order valence-corrected chi connectivity index (χ4v) is 1.64. The molecule has 0 atom stereocenters. The largest absolute Gasteiger partial charge is 0.378 e. The van der Waals surface area contributed by atoms with Crippen molar-refractivity contribution in [2.75, 3.05) is 0 Å². The molecule has 0 amide bonds. The first-order chi connectivity index (χ1) is 2.41. The van der Waals surface area contributed by atoms with Crippen LogP contribution in [0.3, 0.4) is 0 Å². The molecule has 30 valence electrons. The summed E-state index contributed by atoms with van der Waals surface area (Å²) in [4.78, 5) is 0. The smallest absolute Gasteiger partial charge is 0.132 e. The average molecular weight is 103 g/mol. The number of nitrogens with zero attached hydrogens (tertiary/aromatic N) is 1. The van der Waals surface area contributed by atoms with Crippen molar-refractivity contribution in [3.63, 3.8) is 0 Å². The minimum atomic E-state index is 0.0760. The van der Waals surface area contributed by atoms with Gasteiger partial charge in [-0.05, 0) is 6.55 Å². The highest BCUT2D eigenvalue weighted by Crippen LogP contribution is 1.52. The molecule has 0 saturated heterocycles. The van der Waals surface area contributed by atoms with E-state index in [0.717, 1.165) is 0 Å². The Morgan fingerprint density at radius 1 is 1.80 bits per heavy atom. The minimum Gasteiger partial charge on any atom is -0.378 e. The van der Waals surface area contributed by atoms with Crippen molar-refractivity contribution in [1.29, 1.82) is 0 Å². The molecule has 0 spiro atoms. The van der Waals surface area contributed by atoms with Crippen LogP contribution in [0.25, 0.3) is 0 Å². The van der Waals surface area contributed by atoms with Crippen LogP contribution in [0.15, 0.2) is 4.30 Å². The van der Waals surface area contributed by atoms with Crippen molar-refractivity contribution in [1.82, 2.24) is 0 Å². The highest BCUT2D eigenvalue weighted by molar-refractivity contribution is 6.40. The summed E-state index contributed by atoms with van der Waals surface area (Å²) in [7, 11) is 0.549. The van der Waals surface area contributed by atoms with Crippen molar-refractivity contribution in [3.8, 4) is 0 Å². The topological polar surface area (TPSA) is 12.4 Å². The third-order valence-corrected chi connectivity index (χ3v) is 3.29. The maximum absolute atomic E-state index is 4.19. The minimum absolute atomic E-state index is 0.0760. The highest BCUT2D eigenvalue weighted by Gasteiger charge is 1.54. The molecule has 0 aromatic rings. The summed E-state index contributed by atoms with van der Waals surface area (Å²) in [5.74, 6) is 0. The molecule has 0 aromatic carbocycles. The lowest BCUT2D eigenvalue weighted by atomic mass is 11.9. The molecule has 0 heterocycles. The molecule has 0 saturated carbocycles. The first-order valence-corrected chi connectivity index (χ1v) is 5.58. The van der Waals surface area contributed by atoms with E-state index in [9.17, 15) is 0 Å². The van der Waals surface area contributed by atoms with Crippen LogP contribution in [-0.2, 0) is 0 Å². The fraction of sp³-hybridized carbons (Fsp3) is 1.00. The van der Waals surface area contributed by atoms with E-state index in [1.54, 1.807) is 0 Å². The first kappa shape index (κ1) is 5.23. The van der Waals surface area contributed by atoms with E-state index in [0.29, 0.717) is 9.31 Å². The zero-order valence-electron chi connectivity index (χ0n) is 3.73. The Morgan fingerprint density at radius 2 is 2.40 bits per heavy atom. The van der Waals surface area contributed by atoms with E-state index in [-0.39, 0.29) is 9.68 Å². The van der Waals surface area contributed by atoms with Gasteiger partial charge in [0.2, 0.25) is 0 Å². The molecule has 0 rings (SSSR count). The van der Waals surface area contributed by atoms with Crippen molar-refractivity contribution in [2.45, 2.75) is 13.1 Å². The Kier molecular flexibility index (Phi) is 4.43. The Morgan fingerprint density at radius 3 is 2.40 bits per heavy atom. The second-order valence-electron chi connectivity index (χ2n) is 0.757. The molecule has 5 heavy (non-hydrogen) atoms. The van der Waals surface area contributed by atoms with Crippen LogP contribution in [0, 0.1) is 0 Å². The zero-order valence-corrected chi connectivity index (χ0v) is 6.30. The van der Waals surface area contributed by atoms with Gasteiger partial charge in [-0.25, -0.2) is 0 Å². The highest BCUT2D eigenvalue weighted by atomic mass is 28.3. The summed E-state index contributed by atoms with van der Waals surface area (Å²) in [6.45, 7) is 4.37. The zero-order chi connectivity index (χ0) is 4.12. The van der Waals surface area contributed by atoms with Crippen LogP contribution < -0.4 is 0 Å². The third-order valence-electron chi connectivity index (χ3n) is 0.365. The summed E-state index contributed by atoms with van der Waals surface area (Å²) in [6, 6.07) is 0. The molecule has 0 bridgehead atoms. The lowest BCUT2D eigenvalue weighted by Gasteiger charge is -1.67. The van der Waals surface area contributed by atoms with Crippen LogP contribution in [0.5, 0.6) is 0 Å². The van der Waals surface area contributed by atoms with E-state index in [1.807, 2.05) is 0 Å². The Labute approximate surface area is 37.2 Å². The van der Waals surface area contributed by atoms with Gasteiger partial charge in [0.1, 0.15) is 9.68 Å². The predicted octanol–water partition coefficient (Wildman–Crippen LogP) is -0.214. The Bertz CT molecular complexity index is 34.6. The molecule has 3 heteroatoms. The van der Waals surface area contributed by atoms with Crippen molar-refractivity contribution in [2.24, 2.45) is 4.30 Å². The third kappa shape index (κ3) is 4.23. The maximum atomic E-state index is 4.19. The fourth-order valence-electron chi connectivity index (χ4n) is 0.183. The van der Waals surface area contributed by atoms with Gasteiger partial charge in [-0.3, -0.25) is 0 Å². The maximum Gasteiger partial charge on any atom is 0.132 e. The summed E-state index contributed by atoms with van der Waals surface area (Å²) in [5, 5.41) is 0. The number of hydrogen-bond donors (Lipinski definition) is 0. The Hall–Kier alpha value is 0.234. The molecule has 0 aliphatic rings. The summed E-state index contributed by atoms with van der Waals surface area (Å²) < 4.78 is 4.19. The molecule has 0 aliphatic heterocycles. The molecule has 1 nitrogen and oxygen atoms in total. The SMILES string of the molecule is C[SiH]=N[SiH2]C. The normalized spacial score (nSPS) is 12.4. The molecule has 0 unspecified atom stereocenters. The molecule has 0 aromatic heterocycles. The van der Waals surface area contributed by atoms with Gasteiger partial charge >= 0.3 is 0 Å². The molecule has 0 radical (unpaired) electrons. The van der Waals surface area contributed by atoms with E-state index in [1.165, 1.54) is 0 Å². The van der Waals surface area contributed by atoms with Gasteiger partial charge in [-0.2, -0.15) is 0 Å². The van der Waals surface area contributed by atoms with Crippen LogP contribution >= 0.6 is 0 Å². The van der Waals surface area contributed by atoms with E-state index in [2.05, 4.69) is 17.4 Å². The van der Waals surface area contributed by atoms with Crippen LogP contribution in [0.2, 0.25) is 13.1 Å². The second kappa shape index (κ2) is 4.23. The van der Waals surface area contributed by atoms with Gasteiger partial charge in [0.05, 0.1) is 9.31 Å². The van der Waals surface area contributed by atoms with Gasteiger partial charge in [0.25, 0.3) is 0 Å². The second-order valence-corrected chi connectivity index (χ2v) is 3.37. The van der Waals surface area contributed by atoms with E-state index in [4.69, 9.17) is 0 Å². The summed E-state index contributed by atoms with van der Waals surface area (Å²) >= 11 is 0. The standard InChI is InChI=1S/C2H9NSi2/c1-4-3-5-2/h4H,5H2,1-2H3. The average Bonchev–Trinajstić information content (AvgIpc) is 1.41. The van der Waals surface area contributed by atoms with Crippen LogP contribution in [0.4, 0.5) is 0 Å². The van der Waals surface area contributed by atoms with Gasteiger partial charge in [-0.1, -0.05) is 6.55 Å². The number of rotatable bonds is 1. The van der Waals surface area contributed by atoms with Gasteiger partial charge < -0.3 is 4.30 Å². The van der Waals surface area contributed by atoms with Gasteiger partial charge in [0.15, 0.2) is 0 Å². The summed E-state index contributed by atoms with van der Waals surface area (Å²) in [5.41, 5.74) is 0. The lowest BCUT2D eigenvalue weighted by molar-refractivity contribution is 1.87. The van der Waals surface area contributed by atoms with Crippen molar-refractivity contribution in [3.05, 3.63) is 0 Å². The van der Waals surface area contributed by atoms with Gasteiger partial charge in [0, 0.05) is 0 Å². The molecular weight excluding hydrogens is 94.2 g/mol. The molecule has 0 aliphatic carbocycles. The van der Waals surface area contributed by atoms with Crippen LogP contribution in [0.1, 0.15) is 0 Å². The van der Waals surface area contributed by atoms with E-state index >= 15 is 0 Å². The number of hydrogen-bond acceptors (Lipinski definition) is 1. The van der Waals surface area contributed by atoms with Gasteiger partial charge in [-0.15, -0.1) is 0 Å².